The maximum Gasteiger partial charge on any atom is 0.124 e. The van der Waals surface area contributed by atoms with Gasteiger partial charge in [0, 0.05) is 24.1 Å². The third-order valence-corrected chi connectivity index (χ3v) is 2.96. The number of ether oxygens (including phenoxy) is 1. The van der Waals surface area contributed by atoms with Gasteiger partial charge in [-0.1, -0.05) is 24.3 Å². The second-order valence-corrected chi connectivity index (χ2v) is 4.32. The zero-order valence-electron chi connectivity index (χ0n) is 9.78. The van der Waals surface area contributed by atoms with E-state index in [2.05, 4.69) is 31.0 Å². The Bertz CT molecular complexity index is 362. The van der Waals surface area contributed by atoms with E-state index in [0.717, 1.165) is 25.2 Å². The predicted molar refractivity (Wildman–Crippen MR) is 66.7 cm³/mol. The van der Waals surface area contributed by atoms with Gasteiger partial charge in [0.25, 0.3) is 0 Å². The summed E-state index contributed by atoms with van der Waals surface area (Å²) >= 11 is 0. The van der Waals surface area contributed by atoms with Crippen molar-refractivity contribution in [3.8, 4) is 5.75 Å². The van der Waals surface area contributed by atoms with Gasteiger partial charge < -0.3 is 10.1 Å². The van der Waals surface area contributed by atoms with Crippen LogP contribution in [0, 0.1) is 0 Å². The SMILES string of the molecule is C=CCC(C)NC1CCOc2ccccc21. The smallest absolute Gasteiger partial charge is 0.124 e. The van der Waals surface area contributed by atoms with E-state index >= 15 is 0 Å². The third kappa shape index (κ3) is 2.45. The molecule has 1 N–H and O–H groups in total. The molecule has 2 heteroatoms. The van der Waals surface area contributed by atoms with Crippen molar-refractivity contribution in [2.75, 3.05) is 6.61 Å². The van der Waals surface area contributed by atoms with Gasteiger partial charge in [0.05, 0.1) is 6.61 Å². The minimum Gasteiger partial charge on any atom is -0.493 e. The van der Waals surface area contributed by atoms with Gasteiger partial charge in [-0.3, -0.25) is 0 Å². The Morgan fingerprint density at radius 1 is 1.56 bits per heavy atom. The summed E-state index contributed by atoms with van der Waals surface area (Å²) in [5, 5.41) is 3.62. The first-order chi connectivity index (χ1) is 7.81. The van der Waals surface area contributed by atoms with Crippen LogP contribution in [0.1, 0.15) is 31.4 Å². The van der Waals surface area contributed by atoms with Crippen molar-refractivity contribution in [3.05, 3.63) is 42.5 Å². The summed E-state index contributed by atoms with van der Waals surface area (Å²) in [6.45, 7) is 6.77. The normalized spacial score (nSPS) is 20.7. The molecule has 1 aromatic rings. The van der Waals surface area contributed by atoms with Crippen LogP contribution in [0.25, 0.3) is 0 Å². The topological polar surface area (TPSA) is 21.3 Å². The van der Waals surface area contributed by atoms with E-state index in [-0.39, 0.29) is 0 Å². The first-order valence-electron chi connectivity index (χ1n) is 5.90. The van der Waals surface area contributed by atoms with E-state index in [9.17, 15) is 0 Å². The van der Waals surface area contributed by atoms with Gasteiger partial charge in [0.1, 0.15) is 5.75 Å². The molecule has 0 spiro atoms. The predicted octanol–water partition coefficient (Wildman–Crippen LogP) is 3.06. The molecule has 0 saturated carbocycles. The lowest BCUT2D eigenvalue weighted by Crippen LogP contribution is -2.33. The molecule has 1 aliphatic rings. The molecule has 16 heavy (non-hydrogen) atoms. The van der Waals surface area contributed by atoms with Crippen LogP contribution in [0.2, 0.25) is 0 Å². The van der Waals surface area contributed by atoms with E-state index in [4.69, 9.17) is 4.74 Å². The zero-order chi connectivity index (χ0) is 11.4. The molecule has 1 aromatic carbocycles. The summed E-state index contributed by atoms with van der Waals surface area (Å²) in [4.78, 5) is 0. The maximum atomic E-state index is 5.64. The standard InChI is InChI=1S/C14H19NO/c1-3-6-11(2)15-13-9-10-16-14-8-5-4-7-12(13)14/h3-5,7-8,11,13,15H,1,6,9-10H2,2H3. The summed E-state index contributed by atoms with van der Waals surface area (Å²) in [7, 11) is 0. The number of para-hydroxylation sites is 1. The van der Waals surface area contributed by atoms with Crippen molar-refractivity contribution >= 4 is 0 Å². The fourth-order valence-electron chi connectivity index (χ4n) is 2.18. The van der Waals surface area contributed by atoms with Crippen molar-refractivity contribution in [1.82, 2.24) is 5.32 Å². The van der Waals surface area contributed by atoms with Crippen LogP contribution in [-0.4, -0.2) is 12.6 Å². The quantitative estimate of drug-likeness (QED) is 0.783. The minimum absolute atomic E-state index is 0.417. The molecule has 0 saturated heterocycles. The highest BCUT2D eigenvalue weighted by atomic mass is 16.5. The summed E-state index contributed by atoms with van der Waals surface area (Å²) in [6.07, 6.45) is 4.00. The van der Waals surface area contributed by atoms with Crippen molar-refractivity contribution in [3.63, 3.8) is 0 Å². The Morgan fingerprint density at radius 3 is 3.19 bits per heavy atom. The van der Waals surface area contributed by atoms with E-state index in [0.29, 0.717) is 12.1 Å². The lowest BCUT2D eigenvalue weighted by atomic mass is 9.99. The molecule has 0 amide bonds. The Hall–Kier alpha value is -1.28. The van der Waals surface area contributed by atoms with Crippen molar-refractivity contribution in [2.45, 2.75) is 31.8 Å². The average Bonchev–Trinajstić information content (AvgIpc) is 2.30. The largest absolute Gasteiger partial charge is 0.493 e. The Morgan fingerprint density at radius 2 is 2.38 bits per heavy atom. The number of hydrogen-bond donors (Lipinski definition) is 1. The number of benzene rings is 1. The number of fused-ring (bicyclic) bond motifs is 1. The monoisotopic (exact) mass is 217 g/mol. The van der Waals surface area contributed by atoms with Crippen LogP contribution in [0.4, 0.5) is 0 Å². The summed E-state index contributed by atoms with van der Waals surface area (Å²) in [5.74, 6) is 1.03. The zero-order valence-corrected chi connectivity index (χ0v) is 9.78. The van der Waals surface area contributed by atoms with Crippen LogP contribution < -0.4 is 10.1 Å². The highest BCUT2D eigenvalue weighted by Crippen LogP contribution is 2.31. The minimum atomic E-state index is 0.417. The lowest BCUT2D eigenvalue weighted by Gasteiger charge is -2.29. The van der Waals surface area contributed by atoms with E-state index < -0.39 is 0 Å². The van der Waals surface area contributed by atoms with Gasteiger partial charge in [0.15, 0.2) is 0 Å². The molecule has 1 heterocycles. The molecular weight excluding hydrogens is 198 g/mol. The fourth-order valence-corrected chi connectivity index (χ4v) is 2.18. The molecule has 0 fully saturated rings. The first kappa shape index (κ1) is 11.2. The average molecular weight is 217 g/mol. The van der Waals surface area contributed by atoms with E-state index in [1.54, 1.807) is 0 Å². The Labute approximate surface area is 97.3 Å². The van der Waals surface area contributed by atoms with Crippen LogP contribution in [0.15, 0.2) is 36.9 Å². The van der Waals surface area contributed by atoms with Gasteiger partial charge in [-0.2, -0.15) is 0 Å². The highest BCUT2D eigenvalue weighted by molar-refractivity contribution is 5.37. The lowest BCUT2D eigenvalue weighted by molar-refractivity contribution is 0.246. The van der Waals surface area contributed by atoms with E-state index in [1.165, 1.54) is 5.56 Å². The Kier molecular flexibility index (Phi) is 3.62. The molecule has 2 rings (SSSR count). The van der Waals surface area contributed by atoms with Gasteiger partial charge in [-0.15, -0.1) is 6.58 Å². The van der Waals surface area contributed by atoms with Crippen LogP contribution >= 0.6 is 0 Å². The summed E-state index contributed by atoms with van der Waals surface area (Å²) in [6, 6.07) is 9.16. The van der Waals surface area contributed by atoms with Crippen molar-refractivity contribution in [1.29, 1.82) is 0 Å². The highest BCUT2D eigenvalue weighted by Gasteiger charge is 2.21. The van der Waals surface area contributed by atoms with E-state index in [1.807, 2.05) is 18.2 Å². The molecule has 0 bridgehead atoms. The number of rotatable bonds is 4. The molecule has 2 atom stereocenters. The van der Waals surface area contributed by atoms with Crippen LogP contribution in [0.3, 0.4) is 0 Å². The maximum absolute atomic E-state index is 5.64. The van der Waals surface area contributed by atoms with Crippen molar-refractivity contribution < 1.29 is 4.74 Å². The second-order valence-electron chi connectivity index (χ2n) is 4.32. The summed E-state index contributed by atoms with van der Waals surface area (Å²) in [5.41, 5.74) is 1.28. The molecule has 86 valence electrons. The number of hydrogen-bond acceptors (Lipinski definition) is 2. The Balaban J connectivity index is 2.09. The van der Waals surface area contributed by atoms with Gasteiger partial charge >= 0.3 is 0 Å². The van der Waals surface area contributed by atoms with Crippen LogP contribution in [-0.2, 0) is 0 Å². The fraction of sp³-hybridized carbons (Fsp3) is 0.429. The molecule has 0 aliphatic carbocycles. The van der Waals surface area contributed by atoms with Gasteiger partial charge in [0.2, 0.25) is 0 Å². The molecule has 1 aliphatic heterocycles. The molecule has 0 aromatic heterocycles. The molecule has 2 unspecified atom stereocenters. The van der Waals surface area contributed by atoms with Gasteiger partial charge in [-0.25, -0.2) is 0 Å². The number of nitrogens with one attached hydrogen (secondary N) is 1. The van der Waals surface area contributed by atoms with Crippen LogP contribution in [0.5, 0.6) is 5.75 Å². The molecule has 2 nitrogen and oxygen atoms in total. The second kappa shape index (κ2) is 5.17. The molecule has 0 radical (unpaired) electrons. The molecular formula is C14H19NO. The summed E-state index contributed by atoms with van der Waals surface area (Å²) < 4.78 is 5.64. The first-order valence-corrected chi connectivity index (χ1v) is 5.90. The van der Waals surface area contributed by atoms with Gasteiger partial charge in [-0.05, 0) is 19.4 Å². The third-order valence-electron chi connectivity index (χ3n) is 2.96. The van der Waals surface area contributed by atoms with Crippen molar-refractivity contribution in [2.24, 2.45) is 0 Å².